The van der Waals surface area contributed by atoms with Crippen LogP contribution < -0.4 is 15.4 Å². The minimum absolute atomic E-state index is 0.0505. The highest BCUT2D eigenvalue weighted by Gasteiger charge is 2.47. The molecule has 0 bridgehead atoms. The lowest BCUT2D eigenvalue weighted by atomic mass is 9.90. The van der Waals surface area contributed by atoms with E-state index >= 15 is 4.39 Å². The molecule has 45 heavy (non-hydrogen) atoms. The Balaban J connectivity index is 1.41. The molecule has 3 atom stereocenters. The Morgan fingerprint density at radius 3 is 2.84 bits per heavy atom. The van der Waals surface area contributed by atoms with Crippen LogP contribution in [0.4, 0.5) is 29.1 Å². The van der Waals surface area contributed by atoms with E-state index in [2.05, 4.69) is 28.3 Å². The normalized spacial score (nSPS) is 27.0. The number of fused-ring (bicyclic) bond motifs is 2. The van der Waals surface area contributed by atoms with Gasteiger partial charge in [-0.1, -0.05) is 18.1 Å². The molecule has 0 amide bonds. The van der Waals surface area contributed by atoms with Crippen LogP contribution in [0.5, 0.6) is 6.01 Å². The van der Waals surface area contributed by atoms with Crippen LogP contribution in [0.1, 0.15) is 67.2 Å². The van der Waals surface area contributed by atoms with Gasteiger partial charge in [-0.2, -0.15) is 23.1 Å². The van der Waals surface area contributed by atoms with Gasteiger partial charge in [0.15, 0.2) is 5.82 Å². The molecule has 5 heterocycles. The van der Waals surface area contributed by atoms with E-state index in [-0.39, 0.29) is 37.7 Å². The molecule has 3 fully saturated rings. The van der Waals surface area contributed by atoms with Crippen molar-refractivity contribution in [3.05, 3.63) is 52.0 Å². The highest BCUT2D eigenvalue weighted by molar-refractivity contribution is 5.59. The van der Waals surface area contributed by atoms with Gasteiger partial charge in [-0.15, -0.1) is 5.92 Å². The molecule has 4 aliphatic heterocycles. The van der Waals surface area contributed by atoms with E-state index in [1.54, 1.807) is 6.92 Å². The number of hydrogen-bond acceptors (Lipinski definition) is 9. The second-order valence-corrected chi connectivity index (χ2v) is 12.7. The van der Waals surface area contributed by atoms with E-state index in [1.807, 2.05) is 4.90 Å². The molecule has 0 saturated carbocycles. The number of halogens is 4. The first-order valence-electron chi connectivity index (χ1n) is 15.0. The summed E-state index contributed by atoms with van der Waals surface area (Å²) in [6, 6.07) is 0.951. The Morgan fingerprint density at radius 2 is 2.09 bits per heavy atom. The Kier molecular flexibility index (Phi) is 8.22. The maximum Gasteiger partial charge on any atom is 0.418 e. The number of hydrogen-bond donors (Lipinski definition) is 2. The summed E-state index contributed by atoms with van der Waals surface area (Å²) in [7, 11) is 0. The van der Waals surface area contributed by atoms with Crippen molar-refractivity contribution in [3.63, 3.8) is 0 Å². The molecular formula is C32H37F4N5O4. The van der Waals surface area contributed by atoms with Gasteiger partial charge in [-0.3, -0.25) is 4.90 Å². The summed E-state index contributed by atoms with van der Waals surface area (Å²) < 4.78 is 76.7. The topological polar surface area (TPSA) is 106 Å². The van der Waals surface area contributed by atoms with Crippen molar-refractivity contribution < 1.29 is 36.9 Å². The summed E-state index contributed by atoms with van der Waals surface area (Å²) in [5.41, 5.74) is 3.65. The Hall–Kier alpha value is -3.44. The third-order valence-corrected chi connectivity index (χ3v) is 9.01. The molecule has 6 rings (SSSR count). The van der Waals surface area contributed by atoms with E-state index in [4.69, 9.17) is 24.9 Å². The van der Waals surface area contributed by atoms with Gasteiger partial charge in [0.2, 0.25) is 0 Å². The summed E-state index contributed by atoms with van der Waals surface area (Å²) in [6.07, 6.45) is -3.71. The fourth-order valence-corrected chi connectivity index (χ4v) is 7.11. The number of ether oxygens (including phenoxy) is 3. The van der Waals surface area contributed by atoms with Gasteiger partial charge >= 0.3 is 12.2 Å². The zero-order chi connectivity index (χ0) is 32.1. The van der Waals surface area contributed by atoms with Crippen molar-refractivity contribution in [2.45, 2.75) is 69.6 Å². The standard InChI is InChI=1S/C32H37F4N5O4/c1-4-6-20-11-22(37)27(33)25(26(20)32(34,35)36)24-12-23-21(15-44-24)28(40-9-10-43-17-30(3,42)16-40)39-29(38-23)45-18-31-7-5-8-41(31)14-19(2)13-31/h11,24,42H,2,5,7-10,12-18,37H2,1,3H3/t24-,30?,31-/m0/s1. The first-order valence-corrected chi connectivity index (χ1v) is 15.0. The molecule has 1 aromatic heterocycles. The lowest BCUT2D eigenvalue weighted by Gasteiger charge is -2.34. The molecule has 0 aliphatic carbocycles. The van der Waals surface area contributed by atoms with Gasteiger partial charge in [-0.05, 0) is 45.7 Å². The van der Waals surface area contributed by atoms with Crippen molar-refractivity contribution >= 4 is 11.5 Å². The summed E-state index contributed by atoms with van der Waals surface area (Å²) >= 11 is 0. The van der Waals surface area contributed by atoms with E-state index in [0.717, 1.165) is 44.0 Å². The van der Waals surface area contributed by atoms with Gasteiger partial charge in [0.1, 0.15) is 18.0 Å². The van der Waals surface area contributed by atoms with Crippen LogP contribution in [0.2, 0.25) is 0 Å². The molecule has 3 N–H and O–H groups in total. The SMILES string of the molecule is C=C1CN2CCC[C@@]2(COc2nc3c(c(N4CCOCC(C)(O)C4)n2)CO[C@H](c2c(F)c(N)cc(C#CC)c2C(F)(F)F)C3)C1. The van der Waals surface area contributed by atoms with Gasteiger partial charge in [0.25, 0.3) is 0 Å². The van der Waals surface area contributed by atoms with E-state index in [0.29, 0.717) is 36.8 Å². The average Bonchev–Trinajstić information content (AvgIpc) is 3.42. The number of nitrogens with two attached hydrogens (primary N) is 1. The van der Waals surface area contributed by atoms with E-state index in [1.165, 1.54) is 6.92 Å². The van der Waals surface area contributed by atoms with Crippen molar-refractivity contribution in [1.82, 2.24) is 14.9 Å². The van der Waals surface area contributed by atoms with Crippen molar-refractivity contribution in [3.8, 4) is 17.9 Å². The van der Waals surface area contributed by atoms with E-state index in [9.17, 15) is 18.3 Å². The van der Waals surface area contributed by atoms with Crippen LogP contribution in [0.15, 0.2) is 18.2 Å². The predicted molar refractivity (Wildman–Crippen MR) is 158 cm³/mol. The van der Waals surface area contributed by atoms with Gasteiger partial charge in [0.05, 0.1) is 55.0 Å². The van der Waals surface area contributed by atoms with Gasteiger partial charge < -0.3 is 30.0 Å². The number of aromatic nitrogens is 2. The number of anilines is 2. The van der Waals surface area contributed by atoms with Crippen LogP contribution >= 0.6 is 0 Å². The van der Waals surface area contributed by atoms with Crippen molar-refractivity contribution in [1.29, 1.82) is 0 Å². The summed E-state index contributed by atoms with van der Waals surface area (Å²) in [6.45, 7) is 10.1. The monoisotopic (exact) mass is 631 g/mol. The zero-order valence-corrected chi connectivity index (χ0v) is 25.4. The molecule has 3 saturated heterocycles. The molecule has 13 heteroatoms. The molecule has 1 aromatic carbocycles. The van der Waals surface area contributed by atoms with Crippen molar-refractivity contribution in [2.75, 3.05) is 56.6 Å². The lowest BCUT2D eigenvalue weighted by Crippen LogP contribution is -2.44. The highest BCUT2D eigenvalue weighted by atomic mass is 19.4. The number of alkyl halides is 3. The van der Waals surface area contributed by atoms with Crippen LogP contribution in [0, 0.1) is 17.7 Å². The summed E-state index contributed by atoms with van der Waals surface area (Å²) in [5, 5.41) is 10.9. The minimum atomic E-state index is -4.92. The molecule has 2 aromatic rings. The predicted octanol–water partition coefficient (Wildman–Crippen LogP) is 4.16. The Labute approximate surface area is 259 Å². The summed E-state index contributed by atoms with van der Waals surface area (Å²) in [4.78, 5) is 13.6. The quantitative estimate of drug-likeness (QED) is 0.218. The molecular weight excluding hydrogens is 594 g/mol. The number of β-amino-alcohol motifs (C(OH)–C–C–N with tert-alkyl or cyclic N) is 1. The Bertz CT molecular complexity index is 1570. The maximum absolute atomic E-state index is 15.5. The molecule has 9 nitrogen and oxygen atoms in total. The molecule has 0 spiro atoms. The number of nitrogen functional groups attached to an aromatic ring is 1. The first kappa shape index (κ1) is 31.5. The fraction of sp³-hybridized carbons (Fsp3) is 0.562. The lowest BCUT2D eigenvalue weighted by molar-refractivity contribution is -0.140. The zero-order valence-electron chi connectivity index (χ0n) is 25.4. The van der Waals surface area contributed by atoms with E-state index < -0.39 is 46.1 Å². The molecule has 1 unspecified atom stereocenters. The van der Waals surface area contributed by atoms with Crippen LogP contribution in [-0.2, 0) is 28.7 Å². The number of nitrogens with zero attached hydrogens (tertiary/aromatic N) is 4. The third-order valence-electron chi connectivity index (χ3n) is 9.01. The van der Waals surface area contributed by atoms with Crippen LogP contribution in [0.25, 0.3) is 0 Å². The molecule has 4 aliphatic rings. The van der Waals surface area contributed by atoms with Crippen molar-refractivity contribution in [2.24, 2.45) is 0 Å². The van der Waals surface area contributed by atoms with Gasteiger partial charge in [0, 0.05) is 36.2 Å². The second kappa shape index (κ2) is 11.7. The third kappa shape index (κ3) is 6.08. The maximum atomic E-state index is 15.5. The number of benzene rings is 1. The largest absolute Gasteiger partial charge is 0.461 e. The van der Waals surface area contributed by atoms with Gasteiger partial charge in [-0.25, -0.2) is 4.39 Å². The van der Waals surface area contributed by atoms with Crippen LogP contribution in [-0.4, -0.2) is 77.1 Å². The first-order chi connectivity index (χ1) is 21.3. The number of rotatable bonds is 5. The summed E-state index contributed by atoms with van der Waals surface area (Å²) in [5.74, 6) is 4.10. The molecule has 0 radical (unpaired) electrons. The average molecular weight is 632 g/mol. The Morgan fingerprint density at radius 1 is 1.29 bits per heavy atom. The minimum Gasteiger partial charge on any atom is -0.461 e. The van der Waals surface area contributed by atoms with Crippen LogP contribution in [0.3, 0.4) is 0 Å². The highest BCUT2D eigenvalue weighted by Crippen LogP contribution is 2.45. The fourth-order valence-electron chi connectivity index (χ4n) is 7.11. The number of aliphatic hydroxyl groups is 1. The second-order valence-electron chi connectivity index (χ2n) is 12.7. The molecule has 242 valence electrons. The smallest absolute Gasteiger partial charge is 0.418 e.